The van der Waals surface area contributed by atoms with Crippen molar-refractivity contribution in [1.29, 1.82) is 0 Å². The van der Waals surface area contributed by atoms with Crippen molar-refractivity contribution < 1.29 is 21.7 Å². The molecule has 0 aliphatic carbocycles. The maximum absolute atomic E-state index is 10.2. The van der Waals surface area contributed by atoms with Crippen molar-refractivity contribution in [3.05, 3.63) is 0 Å². The molecule has 0 bridgehead atoms. The van der Waals surface area contributed by atoms with E-state index in [0.29, 0.717) is 11.0 Å². The molecule has 0 N–H and O–H groups in total. The number of quaternary nitrogens is 1. The molecule has 0 atom stereocenters. The molecule has 56 valence electrons. The molecule has 0 aliphatic rings. The third-order valence-corrected chi connectivity index (χ3v) is 0.718. The van der Waals surface area contributed by atoms with Crippen molar-refractivity contribution in [3.8, 4) is 0 Å². The zero-order valence-corrected chi connectivity index (χ0v) is 7.33. The van der Waals surface area contributed by atoms with Crippen LogP contribution in [0, 0.1) is 0 Å². The largest absolute Gasteiger partial charge is 1.00 e. The predicted molar refractivity (Wildman–Crippen MR) is 33.8 cm³/mol. The number of halogens is 2. The molecule has 0 rings (SSSR count). The molecule has 9 heavy (non-hydrogen) atoms. The van der Waals surface area contributed by atoms with Crippen molar-refractivity contribution in [1.82, 2.24) is 0 Å². The Hall–Kier alpha value is 0.210. The second-order valence-electron chi connectivity index (χ2n) is 2.80. The normalized spacial score (nSPS) is 10.2. The number of carbonyl (C=O) groups excluding carboxylic acids is 1. The molecule has 4 heteroatoms. The summed E-state index contributed by atoms with van der Waals surface area (Å²) in [6.45, 7) is 0.390. The summed E-state index contributed by atoms with van der Waals surface area (Å²) in [5.41, 5.74) is 0. The van der Waals surface area contributed by atoms with E-state index in [1.54, 1.807) is 0 Å². The second-order valence-corrected chi connectivity index (χ2v) is 3.23. The highest BCUT2D eigenvalue weighted by Gasteiger charge is 2.10. The molecular weight excluding hydrogens is 161 g/mol. The minimum absolute atomic E-state index is 0. The van der Waals surface area contributed by atoms with Gasteiger partial charge >= 0.3 is 0 Å². The average molecular weight is 172 g/mol. The summed E-state index contributed by atoms with van der Waals surface area (Å²) in [6.07, 6.45) is 0. The Morgan fingerprint density at radius 2 is 1.78 bits per heavy atom. The van der Waals surface area contributed by atoms with Crippen LogP contribution in [0.2, 0.25) is 0 Å². The van der Waals surface area contributed by atoms with Crippen LogP contribution in [0.25, 0.3) is 0 Å². The topological polar surface area (TPSA) is 17.1 Å². The number of likely N-dealkylation sites (N-methyl/N-ethyl adjacent to an activating group) is 1. The molecule has 0 saturated heterocycles. The van der Waals surface area contributed by atoms with Gasteiger partial charge in [0.25, 0.3) is 5.24 Å². The van der Waals surface area contributed by atoms with Gasteiger partial charge in [0, 0.05) is 0 Å². The lowest BCUT2D eigenvalue weighted by Gasteiger charge is -2.20. The van der Waals surface area contributed by atoms with Crippen molar-refractivity contribution in [2.45, 2.75) is 0 Å². The first kappa shape index (κ1) is 11.9. The van der Waals surface area contributed by atoms with Crippen LogP contribution in [-0.4, -0.2) is 37.4 Å². The molecule has 0 saturated carbocycles. The zero-order chi connectivity index (χ0) is 6.78. The number of carbonyl (C=O) groups is 1. The average Bonchev–Trinajstić information content (AvgIpc) is 1.21. The molecule has 0 amide bonds. The van der Waals surface area contributed by atoms with Crippen LogP contribution in [0.5, 0.6) is 0 Å². The lowest BCUT2D eigenvalue weighted by molar-refractivity contribution is -0.861. The van der Waals surface area contributed by atoms with Crippen LogP contribution in [0.3, 0.4) is 0 Å². The molecule has 0 spiro atoms. The van der Waals surface area contributed by atoms with E-state index in [1.807, 2.05) is 21.1 Å². The standard InChI is InChI=1S/C5H11ClNO.ClH/c1-7(2,3)4-5(6)8;/h4H2,1-3H3;1H/q+1;/p-1. The lowest BCUT2D eigenvalue weighted by Crippen LogP contribution is -3.00. The third kappa shape index (κ3) is 11.7. The van der Waals surface area contributed by atoms with Gasteiger partial charge in [0.05, 0.1) is 21.1 Å². The summed E-state index contributed by atoms with van der Waals surface area (Å²) < 4.78 is 0.600. The van der Waals surface area contributed by atoms with Gasteiger partial charge in [-0.1, -0.05) is 0 Å². The first-order valence-corrected chi connectivity index (χ1v) is 2.78. The number of hydrogen-bond donors (Lipinski definition) is 0. The summed E-state index contributed by atoms with van der Waals surface area (Å²) >= 11 is 5.11. The van der Waals surface area contributed by atoms with Gasteiger partial charge in [-0.25, -0.2) is 0 Å². The van der Waals surface area contributed by atoms with E-state index in [1.165, 1.54) is 0 Å². The van der Waals surface area contributed by atoms with Crippen LogP contribution in [0.1, 0.15) is 0 Å². The highest BCUT2D eigenvalue weighted by molar-refractivity contribution is 6.63. The van der Waals surface area contributed by atoms with E-state index in [9.17, 15) is 4.79 Å². The molecule has 0 unspecified atom stereocenters. The third-order valence-electron chi connectivity index (χ3n) is 0.599. The SMILES string of the molecule is C[N+](C)(C)CC(=O)Cl.[Cl-]. The Morgan fingerprint density at radius 3 is 1.78 bits per heavy atom. The fourth-order valence-corrected chi connectivity index (χ4v) is 0.732. The van der Waals surface area contributed by atoms with Crippen molar-refractivity contribution in [3.63, 3.8) is 0 Å². The van der Waals surface area contributed by atoms with Gasteiger partial charge in [-0.2, -0.15) is 0 Å². The Kier molecular flexibility index (Phi) is 5.43. The first-order valence-electron chi connectivity index (χ1n) is 2.40. The van der Waals surface area contributed by atoms with Gasteiger partial charge in [0.2, 0.25) is 0 Å². The van der Waals surface area contributed by atoms with Crippen LogP contribution >= 0.6 is 11.6 Å². The van der Waals surface area contributed by atoms with Gasteiger partial charge in [0.1, 0.15) is 0 Å². The monoisotopic (exact) mass is 171 g/mol. The van der Waals surface area contributed by atoms with Crippen LogP contribution < -0.4 is 12.4 Å². The molecule has 2 nitrogen and oxygen atoms in total. The van der Waals surface area contributed by atoms with Gasteiger partial charge in [0.15, 0.2) is 6.54 Å². The van der Waals surface area contributed by atoms with E-state index in [0.717, 1.165) is 0 Å². The zero-order valence-electron chi connectivity index (χ0n) is 5.82. The van der Waals surface area contributed by atoms with Crippen molar-refractivity contribution >= 4 is 16.8 Å². The summed E-state index contributed by atoms with van der Waals surface area (Å²) in [4.78, 5) is 10.2. The van der Waals surface area contributed by atoms with Gasteiger partial charge in [-0.3, -0.25) is 4.79 Å². The highest BCUT2D eigenvalue weighted by Crippen LogP contribution is 1.91. The Bertz CT molecular complexity index is 97.6. The second kappa shape index (κ2) is 4.09. The van der Waals surface area contributed by atoms with Crippen molar-refractivity contribution in [2.24, 2.45) is 0 Å². The fourth-order valence-electron chi connectivity index (χ4n) is 0.373. The van der Waals surface area contributed by atoms with Gasteiger partial charge < -0.3 is 16.9 Å². The van der Waals surface area contributed by atoms with Crippen LogP contribution in [0.4, 0.5) is 0 Å². The van der Waals surface area contributed by atoms with E-state index in [-0.39, 0.29) is 17.6 Å². The van der Waals surface area contributed by atoms with E-state index in [2.05, 4.69) is 0 Å². The summed E-state index contributed by atoms with van der Waals surface area (Å²) in [5.74, 6) is 0. The minimum atomic E-state index is -0.280. The van der Waals surface area contributed by atoms with Gasteiger partial charge in [-0.05, 0) is 11.6 Å². The maximum atomic E-state index is 10.2. The quantitative estimate of drug-likeness (QED) is 0.331. The summed E-state index contributed by atoms with van der Waals surface area (Å²) in [6, 6.07) is 0. The maximum Gasteiger partial charge on any atom is 0.276 e. The van der Waals surface area contributed by atoms with Crippen LogP contribution in [-0.2, 0) is 4.79 Å². The summed E-state index contributed by atoms with van der Waals surface area (Å²) in [5, 5.41) is -0.280. The molecule has 0 heterocycles. The molecule has 0 aromatic heterocycles. The van der Waals surface area contributed by atoms with Gasteiger partial charge in [-0.15, -0.1) is 0 Å². The smallest absolute Gasteiger partial charge is 0.276 e. The van der Waals surface area contributed by atoms with E-state index in [4.69, 9.17) is 11.6 Å². The van der Waals surface area contributed by atoms with E-state index < -0.39 is 0 Å². The van der Waals surface area contributed by atoms with E-state index >= 15 is 0 Å². The predicted octanol–water partition coefficient (Wildman–Crippen LogP) is -2.54. The molecular formula is C5H11Cl2NO. The molecule has 0 aromatic rings. The van der Waals surface area contributed by atoms with Crippen LogP contribution in [0.15, 0.2) is 0 Å². The molecule has 0 fully saturated rings. The minimum Gasteiger partial charge on any atom is -1.00 e. The Balaban J connectivity index is 0. The Labute approximate surface area is 66.8 Å². The molecule has 0 radical (unpaired) electrons. The van der Waals surface area contributed by atoms with Crippen molar-refractivity contribution in [2.75, 3.05) is 27.7 Å². The number of nitrogens with zero attached hydrogens (tertiary/aromatic N) is 1. The summed E-state index contributed by atoms with van der Waals surface area (Å²) in [7, 11) is 5.75. The molecule has 0 aromatic carbocycles. The first-order chi connectivity index (χ1) is 3.42. The Morgan fingerprint density at radius 1 is 1.44 bits per heavy atom. The number of rotatable bonds is 2. The fraction of sp³-hybridized carbons (Fsp3) is 0.800. The molecule has 0 aliphatic heterocycles. The lowest BCUT2D eigenvalue weighted by atomic mass is 10.5. The number of hydrogen-bond acceptors (Lipinski definition) is 1. The highest BCUT2D eigenvalue weighted by atomic mass is 35.5.